The van der Waals surface area contributed by atoms with Crippen LogP contribution in [0.3, 0.4) is 0 Å². The Hall–Kier alpha value is -0.390. The quantitative estimate of drug-likeness (QED) is 0.384. The lowest BCUT2D eigenvalue weighted by Crippen LogP contribution is -2.52. The Labute approximate surface area is 142 Å². The smallest absolute Gasteiger partial charge is 0.308 e. The molecule has 2 atom stereocenters. The van der Waals surface area contributed by atoms with E-state index in [1.165, 1.54) is 6.92 Å². The minimum absolute atomic E-state index is 0.342. The molecule has 0 aromatic carbocycles. The molecule has 154 valence electrons. The largest absolute Gasteiger partial charge is 0.466 e. The van der Waals surface area contributed by atoms with Crippen molar-refractivity contribution in [3.63, 3.8) is 0 Å². The van der Waals surface area contributed by atoms with E-state index in [0.29, 0.717) is 6.54 Å². The number of hydrogen-bond donors (Lipinski definition) is 4. The molecule has 0 amide bonds. The lowest BCUT2D eigenvalue weighted by Gasteiger charge is -2.36. The Morgan fingerprint density at radius 3 is 1.68 bits per heavy atom. The molecule has 0 fully saturated rings. The van der Waals surface area contributed by atoms with Crippen molar-refractivity contribution in [2.24, 2.45) is 0 Å². The third kappa shape index (κ3) is 23.6. The molecule has 0 aliphatic heterocycles. The highest BCUT2D eigenvalue weighted by Gasteiger charge is 2.42. The summed E-state index contributed by atoms with van der Waals surface area (Å²) in [6.07, 6.45) is -12.1. The molecule has 13 heteroatoms. The fourth-order valence-corrected chi connectivity index (χ4v) is 2.26. The molecular weight excluding hydrogens is 381 g/mol. The Morgan fingerprint density at radius 2 is 1.40 bits per heavy atom. The summed E-state index contributed by atoms with van der Waals surface area (Å²) in [7, 11) is -1.15. The Bertz CT molecular complexity index is 419. The zero-order valence-corrected chi connectivity index (χ0v) is 15.2. The van der Waals surface area contributed by atoms with Gasteiger partial charge in [-0.3, -0.25) is 0 Å². The van der Waals surface area contributed by atoms with Crippen molar-refractivity contribution in [2.75, 3.05) is 20.6 Å². The molecule has 0 aliphatic carbocycles. The summed E-state index contributed by atoms with van der Waals surface area (Å²) < 4.78 is 83.3. The topological polar surface area (TPSA) is 93.0 Å². The number of nitrogens with one attached hydrogen (secondary N) is 1. The number of halogens is 6. The van der Waals surface area contributed by atoms with E-state index in [1.54, 1.807) is 25.9 Å². The second-order valence-electron chi connectivity index (χ2n) is 6.29. The molecule has 0 rings (SSSR count). The Morgan fingerprint density at radius 1 is 1.00 bits per heavy atom. The van der Waals surface area contributed by atoms with Crippen LogP contribution < -0.4 is 5.32 Å². The summed E-state index contributed by atoms with van der Waals surface area (Å²) in [6, 6.07) is -0.342. The average Bonchev–Trinajstić information content (AvgIpc) is 2.18. The van der Waals surface area contributed by atoms with Crippen molar-refractivity contribution in [3.05, 3.63) is 0 Å². The summed E-state index contributed by atoms with van der Waals surface area (Å²) in [4.78, 5) is 23.3. The van der Waals surface area contributed by atoms with Gasteiger partial charge in [0.25, 0.3) is 0 Å². The average molecular weight is 406 g/mol. The van der Waals surface area contributed by atoms with Crippen LogP contribution >= 0.6 is 7.82 Å². The van der Waals surface area contributed by atoms with E-state index in [9.17, 15) is 26.3 Å². The summed E-state index contributed by atoms with van der Waals surface area (Å²) in [5.41, 5.74) is -1.62. The van der Waals surface area contributed by atoms with Gasteiger partial charge in [0.1, 0.15) is 0 Å². The maximum absolute atomic E-state index is 12.6. The fourth-order valence-electron chi connectivity index (χ4n) is 2.26. The van der Waals surface area contributed by atoms with Gasteiger partial charge in [-0.1, -0.05) is 0 Å². The zero-order chi connectivity index (χ0) is 20.7. The molecule has 0 aromatic heterocycles. The van der Waals surface area contributed by atoms with Gasteiger partial charge in [-0.05, 0) is 34.4 Å². The third-order valence-electron chi connectivity index (χ3n) is 2.78. The van der Waals surface area contributed by atoms with Gasteiger partial charge in [0, 0.05) is 24.5 Å². The first-order valence-electron chi connectivity index (χ1n) is 7.07. The highest BCUT2D eigenvalue weighted by molar-refractivity contribution is 7.45. The molecular formula is C12H25F6N2O4P. The number of alkyl halides is 6. The van der Waals surface area contributed by atoms with E-state index in [4.69, 9.17) is 19.2 Å². The molecule has 0 aliphatic rings. The second-order valence-corrected chi connectivity index (χ2v) is 7.32. The molecule has 6 nitrogen and oxygen atoms in total. The highest BCUT2D eigenvalue weighted by atomic mass is 31.2. The van der Waals surface area contributed by atoms with Crippen molar-refractivity contribution >= 4 is 7.82 Å². The van der Waals surface area contributed by atoms with Crippen LogP contribution in [0.25, 0.3) is 0 Å². The van der Waals surface area contributed by atoms with Crippen LogP contribution in [0.4, 0.5) is 26.3 Å². The lowest BCUT2D eigenvalue weighted by molar-refractivity contribution is -0.162. The molecule has 25 heavy (non-hydrogen) atoms. The van der Waals surface area contributed by atoms with E-state index in [2.05, 4.69) is 5.32 Å². The van der Waals surface area contributed by atoms with Crippen molar-refractivity contribution in [3.8, 4) is 0 Å². The summed E-state index contributed by atoms with van der Waals surface area (Å²) in [6.45, 7) is 3.29. The number of nitrogens with zero attached hydrogens (tertiary/aromatic N) is 1. The van der Waals surface area contributed by atoms with Crippen molar-refractivity contribution in [2.45, 2.75) is 57.0 Å². The predicted molar refractivity (Wildman–Crippen MR) is 79.8 cm³/mol. The van der Waals surface area contributed by atoms with E-state index < -0.39 is 45.0 Å². The van der Waals surface area contributed by atoms with Crippen LogP contribution in [0.15, 0.2) is 0 Å². The lowest BCUT2D eigenvalue weighted by atomic mass is 9.90. The van der Waals surface area contributed by atoms with Gasteiger partial charge in [0.05, 0.1) is 6.42 Å². The van der Waals surface area contributed by atoms with Crippen LogP contribution in [0.1, 0.15) is 33.1 Å². The first kappa shape index (κ1) is 26.8. The standard InChI is InChI=1S/C12H22F6N2.H3O4P/c1-9(7-20(3)4)19-10(2,8-12(16,17)18)5-6-11(13,14)15;1-5(2,3)4/h9,19H,5-8H2,1-4H3;(H3,1,2,3,4). The number of hydrogen-bond acceptors (Lipinski definition) is 3. The van der Waals surface area contributed by atoms with Gasteiger partial charge >= 0.3 is 20.2 Å². The van der Waals surface area contributed by atoms with Crippen LogP contribution in [0.2, 0.25) is 0 Å². The maximum atomic E-state index is 12.6. The van der Waals surface area contributed by atoms with Gasteiger partial charge in [-0.2, -0.15) is 26.3 Å². The Kier molecular flexibility index (Phi) is 10.8. The molecule has 4 N–H and O–H groups in total. The molecule has 0 heterocycles. The van der Waals surface area contributed by atoms with Gasteiger partial charge in [-0.15, -0.1) is 0 Å². The normalized spacial score (nSPS) is 16.9. The summed E-state index contributed by atoms with van der Waals surface area (Å²) >= 11 is 0. The molecule has 2 unspecified atom stereocenters. The number of likely N-dealkylation sites (N-methyl/N-ethyl adjacent to an activating group) is 1. The minimum Gasteiger partial charge on any atom is -0.308 e. The van der Waals surface area contributed by atoms with E-state index in [0.717, 1.165) is 0 Å². The van der Waals surface area contributed by atoms with E-state index >= 15 is 0 Å². The molecule has 0 saturated heterocycles. The van der Waals surface area contributed by atoms with E-state index in [1.807, 2.05) is 0 Å². The monoisotopic (exact) mass is 406 g/mol. The zero-order valence-electron chi connectivity index (χ0n) is 14.3. The first-order chi connectivity index (χ1) is 10.7. The molecule has 0 spiro atoms. The van der Waals surface area contributed by atoms with Gasteiger partial charge in [0.15, 0.2) is 0 Å². The van der Waals surface area contributed by atoms with Crippen LogP contribution in [-0.2, 0) is 4.57 Å². The number of phosphoric acid groups is 1. The minimum atomic E-state index is -4.64. The van der Waals surface area contributed by atoms with Crippen molar-refractivity contribution in [1.82, 2.24) is 10.2 Å². The SMILES string of the molecule is CC(CN(C)C)NC(C)(CCC(F)(F)F)CC(F)(F)F.O=P(O)(O)O. The molecule has 0 aromatic rings. The molecule has 0 saturated carbocycles. The van der Waals surface area contributed by atoms with Crippen LogP contribution in [0.5, 0.6) is 0 Å². The van der Waals surface area contributed by atoms with E-state index in [-0.39, 0.29) is 6.04 Å². The molecule has 0 radical (unpaired) electrons. The first-order valence-corrected chi connectivity index (χ1v) is 8.63. The predicted octanol–water partition coefficient (Wildman–Crippen LogP) is 2.65. The maximum Gasteiger partial charge on any atom is 0.466 e. The molecule has 0 bridgehead atoms. The van der Waals surface area contributed by atoms with Crippen molar-refractivity contribution in [1.29, 1.82) is 0 Å². The number of rotatable bonds is 7. The van der Waals surface area contributed by atoms with Crippen molar-refractivity contribution < 1.29 is 45.6 Å². The summed E-state index contributed by atoms with van der Waals surface area (Å²) in [5, 5.41) is 2.69. The Balaban J connectivity index is 0. The van der Waals surface area contributed by atoms with Crippen LogP contribution in [-0.4, -0.2) is 64.2 Å². The second kappa shape index (κ2) is 10.1. The van der Waals surface area contributed by atoms with Crippen LogP contribution in [0, 0.1) is 0 Å². The van der Waals surface area contributed by atoms with Gasteiger partial charge in [-0.25, -0.2) is 4.57 Å². The third-order valence-corrected chi connectivity index (χ3v) is 2.78. The highest BCUT2D eigenvalue weighted by Crippen LogP contribution is 2.34. The van der Waals surface area contributed by atoms with Gasteiger partial charge < -0.3 is 24.9 Å². The summed E-state index contributed by atoms with van der Waals surface area (Å²) in [5.74, 6) is 0. The fraction of sp³-hybridized carbons (Fsp3) is 1.00. The van der Waals surface area contributed by atoms with Gasteiger partial charge in [0.2, 0.25) is 0 Å².